The van der Waals surface area contributed by atoms with Crippen LogP contribution in [0, 0.1) is 0 Å². The van der Waals surface area contributed by atoms with E-state index in [1.807, 2.05) is 0 Å². The number of alkyl halides is 22. The molecule has 0 aromatic carbocycles. The highest BCUT2D eigenvalue weighted by molar-refractivity contribution is 5.35. The molecule has 0 heterocycles. The lowest BCUT2D eigenvalue weighted by molar-refractivity contribution is -0.571. The SMILES string of the molecule is FC(F)(OC(F)(F)C(F)(F)F)OC(C(F)(F)F)(C(F)(F)F)C1(F)C(F)(F)C(F)(F)C(F)(F)C1(F)F. The first kappa shape index (κ1) is 31.4. The molecule has 0 aliphatic heterocycles. The third-order valence-corrected chi connectivity index (χ3v) is 4.18. The summed E-state index contributed by atoms with van der Waals surface area (Å²) in [5.41, 5.74) is -18.2. The predicted octanol–water partition coefficient (Wildman–Crippen LogP) is 6.85. The molecule has 1 aliphatic rings. The molecule has 0 aromatic heterocycles. The van der Waals surface area contributed by atoms with Crippen molar-refractivity contribution >= 4 is 0 Å². The minimum Gasteiger partial charge on any atom is -0.266 e. The van der Waals surface area contributed by atoms with Gasteiger partial charge in [-0.05, 0) is 0 Å². The van der Waals surface area contributed by atoms with Gasteiger partial charge >= 0.3 is 60.2 Å². The summed E-state index contributed by atoms with van der Waals surface area (Å²) in [5, 5.41) is 0. The second-order valence-corrected chi connectivity index (χ2v) is 6.31. The molecule has 0 spiro atoms. The zero-order valence-corrected chi connectivity index (χ0v) is 14.6. The monoisotopic (exact) mass is 582 g/mol. The Labute approximate surface area is 173 Å². The Balaban J connectivity index is 4.19. The van der Waals surface area contributed by atoms with E-state index in [9.17, 15) is 96.6 Å². The Morgan fingerprint density at radius 1 is 0.371 bits per heavy atom. The summed E-state index contributed by atoms with van der Waals surface area (Å²) in [6, 6.07) is 0. The Morgan fingerprint density at radius 3 is 0.886 bits per heavy atom. The van der Waals surface area contributed by atoms with Gasteiger partial charge in [0, 0.05) is 0 Å². The van der Waals surface area contributed by atoms with Gasteiger partial charge in [0.25, 0.3) is 5.67 Å². The van der Waals surface area contributed by atoms with Gasteiger partial charge in [-0.3, -0.25) is 4.74 Å². The fourth-order valence-electron chi connectivity index (χ4n) is 2.61. The number of rotatable bonds is 5. The van der Waals surface area contributed by atoms with E-state index in [1.165, 1.54) is 0 Å². The van der Waals surface area contributed by atoms with Gasteiger partial charge in [-0.1, -0.05) is 0 Å². The van der Waals surface area contributed by atoms with Crippen LogP contribution in [0.15, 0.2) is 0 Å². The highest BCUT2D eigenvalue weighted by atomic mass is 19.4. The van der Waals surface area contributed by atoms with Crippen molar-refractivity contribution < 1.29 is 106 Å². The fourth-order valence-corrected chi connectivity index (χ4v) is 2.61. The summed E-state index contributed by atoms with van der Waals surface area (Å²) in [5.74, 6) is -34.0. The Bertz CT molecular complexity index is 773. The molecule has 1 aliphatic carbocycles. The quantitative estimate of drug-likeness (QED) is 0.261. The molecule has 0 saturated heterocycles. The molecule has 35 heavy (non-hydrogen) atoms. The smallest absolute Gasteiger partial charge is 0.266 e. The van der Waals surface area contributed by atoms with Crippen molar-refractivity contribution in [3.8, 4) is 0 Å². The number of ether oxygens (including phenoxy) is 2. The van der Waals surface area contributed by atoms with Crippen LogP contribution in [0.25, 0.3) is 0 Å². The van der Waals surface area contributed by atoms with Crippen LogP contribution in [0.4, 0.5) is 96.6 Å². The minimum absolute atomic E-state index is 1.14. The average Bonchev–Trinajstić information content (AvgIpc) is 2.58. The van der Waals surface area contributed by atoms with Crippen LogP contribution in [0.1, 0.15) is 0 Å². The normalized spacial score (nSPS) is 24.5. The van der Waals surface area contributed by atoms with Crippen molar-refractivity contribution in [2.45, 2.75) is 65.9 Å². The zero-order chi connectivity index (χ0) is 28.9. The predicted molar refractivity (Wildman–Crippen MR) is 56.6 cm³/mol. The standard InChI is InChI=1S/C11F22O2/c12-1(3(13,14)5(17,18)6(19,20)4(1,15)16)2(7(21,22)23,8(24,25)26)34-11(32,33)35-10(30,31)9(27,28)29. The molecule has 0 amide bonds. The van der Waals surface area contributed by atoms with E-state index in [-0.39, 0.29) is 0 Å². The summed E-state index contributed by atoms with van der Waals surface area (Å²) in [6.45, 7) is 0. The van der Waals surface area contributed by atoms with Crippen molar-refractivity contribution in [3.63, 3.8) is 0 Å². The van der Waals surface area contributed by atoms with Gasteiger partial charge in [0.05, 0.1) is 0 Å². The average molecular weight is 582 g/mol. The van der Waals surface area contributed by atoms with Crippen LogP contribution in [0.2, 0.25) is 0 Å². The summed E-state index contributed by atoms with van der Waals surface area (Å²) in [6.07, 6.45) is -40.9. The number of halogens is 22. The van der Waals surface area contributed by atoms with Crippen molar-refractivity contribution in [1.82, 2.24) is 0 Å². The molecule has 0 unspecified atom stereocenters. The molecule has 210 valence electrons. The Morgan fingerprint density at radius 2 is 0.657 bits per heavy atom. The molecule has 0 radical (unpaired) electrons. The lowest BCUT2D eigenvalue weighted by Gasteiger charge is -2.48. The summed E-state index contributed by atoms with van der Waals surface area (Å²) >= 11 is 0. The first-order valence-electron chi connectivity index (χ1n) is 7.22. The van der Waals surface area contributed by atoms with Crippen LogP contribution in [-0.2, 0) is 9.47 Å². The van der Waals surface area contributed by atoms with Gasteiger partial charge in [0.15, 0.2) is 0 Å². The van der Waals surface area contributed by atoms with Crippen molar-refractivity contribution in [1.29, 1.82) is 0 Å². The van der Waals surface area contributed by atoms with Crippen LogP contribution in [-0.4, -0.2) is 65.9 Å². The van der Waals surface area contributed by atoms with Crippen LogP contribution < -0.4 is 0 Å². The summed E-state index contributed by atoms with van der Waals surface area (Å²) in [4.78, 5) is 0. The zero-order valence-electron chi connectivity index (χ0n) is 14.6. The van der Waals surface area contributed by atoms with Gasteiger partial charge in [0.1, 0.15) is 0 Å². The summed E-state index contributed by atoms with van der Waals surface area (Å²) < 4.78 is 290. The molecular weight excluding hydrogens is 582 g/mol. The molecule has 24 heteroatoms. The topological polar surface area (TPSA) is 18.5 Å². The molecule has 0 atom stereocenters. The van der Waals surface area contributed by atoms with Crippen molar-refractivity contribution in [2.75, 3.05) is 0 Å². The van der Waals surface area contributed by atoms with Gasteiger partial charge in [0.2, 0.25) is 0 Å². The lowest BCUT2D eigenvalue weighted by Crippen LogP contribution is -2.81. The maximum Gasteiger partial charge on any atom is 0.491 e. The van der Waals surface area contributed by atoms with E-state index >= 15 is 0 Å². The van der Waals surface area contributed by atoms with Gasteiger partial charge < -0.3 is 0 Å². The number of hydrogen-bond donors (Lipinski definition) is 0. The maximum atomic E-state index is 14.5. The summed E-state index contributed by atoms with van der Waals surface area (Å²) in [7, 11) is 0. The first-order valence-corrected chi connectivity index (χ1v) is 7.22. The second-order valence-electron chi connectivity index (χ2n) is 6.31. The minimum atomic E-state index is -9.13. The van der Waals surface area contributed by atoms with Crippen LogP contribution in [0.5, 0.6) is 0 Å². The van der Waals surface area contributed by atoms with Crippen molar-refractivity contribution in [2.24, 2.45) is 0 Å². The van der Waals surface area contributed by atoms with E-state index in [1.54, 1.807) is 0 Å². The van der Waals surface area contributed by atoms with Gasteiger partial charge in [-0.15, -0.1) is 8.78 Å². The third-order valence-electron chi connectivity index (χ3n) is 4.18. The molecule has 1 saturated carbocycles. The first-order chi connectivity index (χ1) is 14.7. The van der Waals surface area contributed by atoms with Gasteiger partial charge in [-0.2, -0.15) is 83.4 Å². The molecule has 0 bridgehead atoms. The van der Waals surface area contributed by atoms with E-state index in [0.717, 1.165) is 9.47 Å². The van der Waals surface area contributed by atoms with Crippen LogP contribution >= 0.6 is 0 Å². The molecule has 0 N–H and O–H groups in total. The van der Waals surface area contributed by atoms with Gasteiger partial charge in [-0.25, -0.2) is 9.13 Å². The molecule has 2 nitrogen and oxygen atoms in total. The van der Waals surface area contributed by atoms with E-state index in [0.29, 0.717) is 0 Å². The third kappa shape index (κ3) is 3.58. The highest BCUT2D eigenvalue weighted by Gasteiger charge is 3.10. The highest BCUT2D eigenvalue weighted by Crippen LogP contribution is 2.76. The van der Waals surface area contributed by atoms with E-state index in [4.69, 9.17) is 0 Å². The van der Waals surface area contributed by atoms with Crippen LogP contribution in [0.3, 0.4) is 0 Å². The Hall–Kier alpha value is -1.62. The van der Waals surface area contributed by atoms with E-state index < -0.39 is 65.9 Å². The molecule has 0 aromatic rings. The lowest BCUT2D eigenvalue weighted by atomic mass is 9.76. The maximum absolute atomic E-state index is 14.5. The number of hydrogen-bond acceptors (Lipinski definition) is 2. The second kappa shape index (κ2) is 7.24. The van der Waals surface area contributed by atoms with E-state index in [2.05, 4.69) is 0 Å². The fraction of sp³-hybridized carbons (Fsp3) is 1.00. The Kier molecular flexibility index (Phi) is 6.49. The molecule has 1 rings (SSSR count). The molecule has 1 fully saturated rings. The largest absolute Gasteiger partial charge is 0.491 e. The van der Waals surface area contributed by atoms with Crippen molar-refractivity contribution in [3.05, 3.63) is 0 Å². The molecular formula is C11F22O2.